The minimum absolute atomic E-state index is 0.00370. The van der Waals surface area contributed by atoms with Gasteiger partial charge in [0.2, 0.25) is 47.0 Å². The molecule has 7 aromatic rings. The van der Waals surface area contributed by atoms with E-state index in [9.17, 15) is 57.5 Å². The normalized spacial score (nSPS) is 16.6. The molecule has 1 unspecified atom stereocenters. The van der Waals surface area contributed by atoms with E-state index in [0.717, 1.165) is 21.4 Å². The average molecular weight is 1350 g/mol. The number of amides is 9. The van der Waals surface area contributed by atoms with Crippen LogP contribution in [0.5, 0.6) is 0 Å². The molecule has 0 bridgehead atoms. The van der Waals surface area contributed by atoms with Crippen molar-refractivity contribution >= 4 is 99.3 Å². The molecule has 9 amide bonds. The number of halogens is 1. The van der Waals surface area contributed by atoms with Gasteiger partial charge in [-0.3, -0.25) is 43.2 Å². The third kappa shape index (κ3) is 13.8. The van der Waals surface area contributed by atoms with Crippen LogP contribution in [0, 0.1) is 19.7 Å². The highest BCUT2D eigenvalue weighted by Crippen LogP contribution is 2.48. The van der Waals surface area contributed by atoms with Crippen LogP contribution in [0.15, 0.2) is 114 Å². The molecule has 1 saturated heterocycles. The zero-order valence-corrected chi connectivity index (χ0v) is 55.1. The molecule has 27 heteroatoms. The van der Waals surface area contributed by atoms with Crippen LogP contribution in [0.2, 0.25) is 0 Å². The number of imide groups is 1. The summed E-state index contributed by atoms with van der Waals surface area (Å²) in [4.78, 5) is 168. The van der Waals surface area contributed by atoms with Crippen LogP contribution in [0.3, 0.4) is 0 Å². The van der Waals surface area contributed by atoms with E-state index in [0.29, 0.717) is 62.4 Å². The number of anilines is 2. The minimum Gasteiger partial charge on any atom is -0.457 e. The van der Waals surface area contributed by atoms with E-state index in [4.69, 9.17) is 19.2 Å². The molecule has 0 radical (unpaired) electrons. The zero-order valence-electron chi connectivity index (χ0n) is 54.3. The highest BCUT2D eigenvalue weighted by molar-refractivity contribution is 8.00. The van der Waals surface area contributed by atoms with Gasteiger partial charge in [0.1, 0.15) is 25.1 Å². The summed E-state index contributed by atoms with van der Waals surface area (Å²) in [5.74, 6) is -6.76. The Bertz CT molecular complexity index is 4550. The summed E-state index contributed by atoms with van der Waals surface area (Å²) in [5, 5.41) is 16.0. The van der Waals surface area contributed by atoms with Crippen LogP contribution in [0.4, 0.5) is 20.6 Å². The van der Waals surface area contributed by atoms with Crippen molar-refractivity contribution in [3.63, 3.8) is 0 Å². The van der Waals surface area contributed by atoms with E-state index < -0.39 is 114 Å². The third-order valence-electron chi connectivity index (χ3n) is 17.9. The first-order valence-electron chi connectivity index (χ1n) is 31.6. The van der Waals surface area contributed by atoms with Gasteiger partial charge >= 0.3 is 18.0 Å². The predicted molar refractivity (Wildman–Crippen MR) is 356 cm³/mol. The van der Waals surface area contributed by atoms with Gasteiger partial charge in [-0.25, -0.2) is 28.7 Å². The topological polar surface area (TPSA) is 329 Å². The number of benzene rings is 5. The SMILES string of the molecule is CCC(=O)N[C@H]1Cc2c(C)c(F)cc3nc4c(c1c23)Cn1c-4cc2c(c1=O)COC(=O)[C@@]2(CC)OC(=O)c1ccccc1CN(C)C(=O)OCc1ccc(NC(=O)CNC(=O)[C@H](Cc2ccccc2)NC(=O)CNC(=O)CNC(=O)c2cc(N3C(=O)CC(SC)C3=O)ccc2C)cc1. The number of nitrogens with zero attached hydrogens (tertiary/aromatic N) is 4. The van der Waals surface area contributed by atoms with Crippen LogP contribution in [0.1, 0.15) is 116 Å². The number of hydrogen-bond acceptors (Lipinski definition) is 17. The Morgan fingerprint density at radius 2 is 1.51 bits per heavy atom. The van der Waals surface area contributed by atoms with Crippen molar-refractivity contribution in [2.24, 2.45) is 0 Å². The lowest BCUT2D eigenvalue weighted by Gasteiger charge is -2.35. The monoisotopic (exact) mass is 1350 g/mol. The second-order valence-corrected chi connectivity index (χ2v) is 25.2. The Labute approximate surface area is 564 Å². The Hall–Kier alpha value is -11.1. The molecule has 4 aliphatic rings. The number of thioether (sulfide) groups is 1. The molecule has 3 aliphatic heterocycles. The van der Waals surface area contributed by atoms with Crippen LogP contribution >= 0.6 is 11.8 Å². The summed E-state index contributed by atoms with van der Waals surface area (Å²) in [6.07, 6.45) is 1.42. The van der Waals surface area contributed by atoms with Crippen molar-refractivity contribution in [2.45, 2.75) is 109 Å². The van der Waals surface area contributed by atoms with Crippen LogP contribution in [-0.2, 0) is 97.3 Å². The number of cyclic esters (lactones) is 1. The highest BCUT2D eigenvalue weighted by Gasteiger charge is 2.51. The Morgan fingerprint density at radius 1 is 0.786 bits per heavy atom. The second kappa shape index (κ2) is 28.7. The number of rotatable bonds is 23. The Kier molecular flexibility index (Phi) is 20.0. The summed E-state index contributed by atoms with van der Waals surface area (Å²) in [6.45, 7) is 4.39. The molecule has 1 fully saturated rings. The number of carbonyl (C=O) groups is 11. The number of aryl methyl sites for hydroxylation is 1. The lowest BCUT2D eigenvalue weighted by atomic mass is 9.85. The summed E-state index contributed by atoms with van der Waals surface area (Å²) in [5.41, 5.74) is 3.94. The molecular formula is C71H69FN10O15S. The first kappa shape index (κ1) is 68.3. The van der Waals surface area contributed by atoms with Crippen LogP contribution in [0.25, 0.3) is 22.3 Å². The lowest BCUT2D eigenvalue weighted by molar-refractivity contribution is -0.173. The Morgan fingerprint density at radius 3 is 2.23 bits per heavy atom. The van der Waals surface area contributed by atoms with Gasteiger partial charge in [0, 0.05) is 66.7 Å². The maximum Gasteiger partial charge on any atom is 0.410 e. The molecule has 1 aliphatic carbocycles. The average Bonchev–Trinajstić information content (AvgIpc) is 1.32. The molecule has 25 nitrogen and oxygen atoms in total. The van der Waals surface area contributed by atoms with E-state index in [1.54, 1.807) is 125 Å². The zero-order chi connectivity index (χ0) is 69.9. The fourth-order valence-corrected chi connectivity index (χ4v) is 13.2. The quantitative estimate of drug-likeness (QED) is 0.0246. The van der Waals surface area contributed by atoms with Gasteiger partial charge in [-0.05, 0) is 108 Å². The van der Waals surface area contributed by atoms with Crippen molar-refractivity contribution in [3.8, 4) is 11.4 Å². The Balaban J connectivity index is 0.669. The first-order chi connectivity index (χ1) is 47.0. The van der Waals surface area contributed by atoms with Gasteiger partial charge in [0.15, 0.2) is 0 Å². The summed E-state index contributed by atoms with van der Waals surface area (Å²) >= 11 is 1.26. The van der Waals surface area contributed by atoms with Crippen LogP contribution in [-0.4, -0.2) is 124 Å². The number of carbonyl (C=O) groups excluding carboxylic acids is 11. The van der Waals surface area contributed by atoms with Gasteiger partial charge in [-0.1, -0.05) is 80.6 Å². The molecule has 506 valence electrons. The van der Waals surface area contributed by atoms with E-state index in [-0.39, 0.29) is 85.1 Å². The number of ether oxygens (including phenoxy) is 3. The third-order valence-corrected chi connectivity index (χ3v) is 18.8. The fourth-order valence-electron chi connectivity index (χ4n) is 12.6. The van der Waals surface area contributed by atoms with Crippen molar-refractivity contribution in [2.75, 3.05) is 43.2 Å². The molecule has 4 atom stereocenters. The smallest absolute Gasteiger partial charge is 0.410 e. The first-order valence-corrected chi connectivity index (χ1v) is 32.9. The van der Waals surface area contributed by atoms with E-state index in [1.807, 2.05) is 0 Å². The van der Waals surface area contributed by atoms with Gasteiger partial charge in [0.05, 0.1) is 71.2 Å². The van der Waals surface area contributed by atoms with Crippen molar-refractivity contribution < 1.29 is 71.3 Å². The molecule has 5 heterocycles. The van der Waals surface area contributed by atoms with Crippen LogP contribution < -0.4 is 42.4 Å². The van der Waals surface area contributed by atoms with Gasteiger partial charge in [-0.15, -0.1) is 0 Å². The molecule has 0 spiro atoms. The molecule has 2 aromatic heterocycles. The van der Waals surface area contributed by atoms with Gasteiger partial charge in [0.25, 0.3) is 11.5 Å². The number of fused-ring (bicyclic) bond motifs is 5. The maximum atomic E-state index is 15.5. The van der Waals surface area contributed by atoms with Crippen molar-refractivity contribution in [1.82, 2.24) is 41.0 Å². The van der Waals surface area contributed by atoms with Gasteiger partial charge in [-0.2, -0.15) is 11.8 Å². The summed E-state index contributed by atoms with van der Waals surface area (Å²) < 4.78 is 34.4. The molecule has 11 rings (SSSR count). The molecule has 5 aromatic carbocycles. The molecule has 0 saturated carbocycles. The summed E-state index contributed by atoms with van der Waals surface area (Å²) in [7, 11) is 1.46. The van der Waals surface area contributed by atoms with E-state index in [2.05, 4.69) is 31.9 Å². The number of esters is 2. The molecule has 6 N–H and O–H groups in total. The van der Waals surface area contributed by atoms with Crippen molar-refractivity contribution in [1.29, 1.82) is 0 Å². The predicted octanol–water partition coefficient (Wildman–Crippen LogP) is 5.92. The fraction of sp³-hybridized carbons (Fsp3) is 0.310. The second-order valence-electron chi connectivity index (χ2n) is 24.1. The molecular weight excluding hydrogens is 1280 g/mol. The summed E-state index contributed by atoms with van der Waals surface area (Å²) in [6, 6.07) is 27.2. The highest BCUT2D eigenvalue weighted by atomic mass is 32.2. The minimum atomic E-state index is -2.11. The van der Waals surface area contributed by atoms with Gasteiger partial charge < -0.3 is 55.6 Å². The van der Waals surface area contributed by atoms with E-state index in [1.165, 1.54) is 46.5 Å². The lowest BCUT2D eigenvalue weighted by Crippen LogP contribution is -2.52. The number of hydrogen-bond donors (Lipinski definition) is 6. The van der Waals surface area contributed by atoms with E-state index >= 15 is 4.39 Å². The van der Waals surface area contributed by atoms with Crippen molar-refractivity contribution in [3.05, 3.63) is 192 Å². The standard InChI is InChI=1S/C71H69FN10O15S/c1-7-56(83)77-51-26-46-38(4)50(72)28-52-61(46)62(51)47-34-81-54(63(47)79-52)27-49-48(66(81)90)36-95-69(93)71(49,8-2)97-68(92)44-17-13-12-16-41(44)33-80(5)70(94)96-35-40-19-21-42(22-20-40)76-58(85)32-75-65(89)53(24-39-14-10-9-11-15-39)78-59(86)31-73-57(84)30-74-64(88)45-25-43(23-18-37(45)3)82-60(87)29-55(98-6)67(82)91/h9-23,25,27-28,51,53,55H,7-8,24,26,29-36H2,1-6H3,(H,73,84)(H,74,88)(H,75,89)(H,76,85)(H,77,83)(H,78,86)/t51-,53-,55?,71-/m0/s1. The maximum absolute atomic E-state index is 15.5. The number of pyridine rings is 2. The molecule has 98 heavy (non-hydrogen) atoms. The number of aromatic nitrogens is 2. The largest absolute Gasteiger partial charge is 0.457 e. The number of nitrogens with one attached hydrogen (secondary N) is 6.